The van der Waals surface area contributed by atoms with Crippen molar-refractivity contribution < 1.29 is 4.79 Å². The number of rotatable bonds is 6. The number of amides is 1. The van der Waals surface area contributed by atoms with E-state index in [1.54, 1.807) is 11.8 Å². The van der Waals surface area contributed by atoms with Crippen LogP contribution in [0.2, 0.25) is 0 Å². The van der Waals surface area contributed by atoms with Gasteiger partial charge in [0.2, 0.25) is 5.91 Å². The Kier molecular flexibility index (Phi) is 5.28. The maximum absolute atomic E-state index is 12.1. The van der Waals surface area contributed by atoms with Crippen molar-refractivity contribution >= 4 is 17.7 Å². The van der Waals surface area contributed by atoms with Crippen LogP contribution >= 0.6 is 11.8 Å². The van der Waals surface area contributed by atoms with Gasteiger partial charge in [0.15, 0.2) is 0 Å². The van der Waals surface area contributed by atoms with E-state index in [1.807, 2.05) is 30.1 Å². The van der Waals surface area contributed by atoms with E-state index in [-0.39, 0.29) is 11.9 Å². The Balaban J connectivity index is 1.77. The quantitative estimate of drug-likeness (QED) is 0.865. The lowest BCUT2D eigenvalue weighted by Gasteiger charge is -2.28. The van der Waals surface area contributed by atoms with E-state index in [4.69, 9.17) is 0 Å². The number of hydrogen-bond donors (Lipinski definition) is 1. The molecule has 1 unspecified atom stereocenters. The number of carbonyl (C=O) groups is 1. The van der Waals surface area contributed by atoms with Crippen LogP contribution in [0.1, 0.15) is 18.5 Å². The molecule has 1 heterocycles. The lowest BCUT2D eigenvalue weighted by molar-refractivity contribution is -0.128. The fourth-order valence-electron chi connectivity index (χ4n) is 2.05. The van der Waals surface area contributed by atoms with Crippen LogP contribution in [-0.4, -0.2) is 42.4 Å². The monoisotopic (exact) mass is 278 g/mol. The molecule has 19 heavy (non-hydrogen) atoms. The van der Waals surface area contributed by atoms with Crippen LogP contribution in [-0.2, 0) is 4.79 Å². The molecular weight excluding hydrogens is 256 g/mol. The molecule has 0 spiro atoms. The molecule has 0 bridgehead atoms. The van der Waals surface area contributed by atoms with E-state index >= 15 is 0 Å². The molecule has 0 aliphatic carbocycles. The minimum Gasteiger partial charge on any atom is -0.338 e. The molecule has 1 aromatic rings. The molecule has 4 heteroatoms. The molecule has 0 saturated carbocycles. The highest BCUT2D eigenvalue weighted by atomic mass is 32.2. The van der Waals surface area contributed by atoms with E-state index in [9.17, 15) is 4.79 Å². The second-order valence-electron chi connectivity index (χ2n) is 5.13. The molecular formula is C15H22N2OS. The van der Waals surface area contributed by atoms with Crippen molar-refractivity contribution in [2.45, 2.75) is 13.0 Å². The first-order chi connectivity index (χ1) is 9.18. The number of hydrogen-bond acceptors (Lipinski definition) is 3. The van der Waals surface area contributed by atoms with Crippen molar-refractivity contribution in [1.82, 2.24) is 10.2 Å². The summed E-state index contributed by atoms with van der Waals surface area (Å²) >= 11 is 1.76. The van der Waals surface area contributed by atoms with Crippen LogP contribution < -0.4 is 5.32 Å². The molecule has 1 N–H and O–H groups in total. The van der Waals surface area contributed by atoms with Gasteiger partial charge >= 0.3 is 0 Å². The highest BCUT2D eigenvalue weighted by Gasteiger charge is 2.19. The number of nitrogens with one attached hydrogen (secondary N) is 1. The minimum atomic E-state index is 0.139. The van der Waals surface area contributed by atoms with Gasteiger partial charge in [-0.15, -0.1) is 0 Å². The maximum Gasteiger partial charge on any atom is 0.232 e. The lowest BCUT2D eigenvalue weighted by Crippen LogP contribution is -2.43. The van der Waals surface area contributed by atoms with E-state index < -0.39 is 0 Å². The Hall–Kier alpha value is -1.000. The molecule has 1 fully saturated rings. The fraction of sp³-hybridized carbons (Fsp3) is 0.533. The second kappa shape index (κ2) is 6.96. The average Bonchev–Trinajstić information content (AvgIpc) is 2.40. The zero-order chi connectivity index (χ0) is 13.7. The van der Waals surface area contributed by atoms with E-state index in [2.05, 4.69) is 24.4 Å². The van der Waals surface area contributed by atoms with Crippen LogP contribution in [0.3, 0.4) is 0 Å². The largest absolute Gasteiger partial charge is 0.338 e. The Morgan fingerprint density at radius 2 is 2.11 bits per heavy atom. The summed E-state index contributed by atoms with van der Waals surface area (Å²) < 4.78 is 0. The highest BCUT2D eigenvalue weighted by molar-refractivity contribution is 7.99. The van der Waals surface area contributed by atoms with Crippen LogP contribution in [0, 0.1) is 5.92 Å². The van der Waals surface area contributed by atoms with Crippen molar-refractivity contribution in [3.05, 3.63) is 35.9 Å². The van der Waals surface area contributed by atoms with Crippen molar-refractivity contribution in [2.24, 2.45) is 5.92 Å². The van der Waals surface area contributed by atoms with Gasteiger partial charge in [-0.25, -0.2) is 0 Å². The summed E-state index contributed by atoms with van der Waals surface area (Å²) in [6.45, 7) is 4.29. The smallest absolute Gasteiger partial charge is 0.232 e. The first-order valence-electron chi connectivity index (χ1n) is 6.77. The number of carbonyl (C=O) groups excluding carboxylic acids is 1. The maximum atomic E-state index is 12.1. The summed E-state index contributed by atoms with van der Waals surface area (Å²) in [4.78, 5) is 14.0. The van der Waals surface area contributed by atoms with Crippen molar-refractivity contribution in [1.29, 1.82) is 0 Å². The topological polar surface area (TPSA) is 32.3 Å². The normalized spacial score (nSPS) is 16.7. The third kappa shape index (κ3) is 3.98. The Morgan fingerprint density at radius 3 is 2.68 bits per heavy atom. The standard InChI is InChI=1S/C15H22N2OS/c1-12(14-6-4-3-5-7-14)17(2)15(18)11-19-10-13-8-16-9-13/h3-7,12-13,16H,8-11H2,1-2H3. The zero-order valence-corrected chi connectivity index (χ0v) is 12.5. The van der Waals surface area contributed by atoms with Crippen LogP contribution in [0.25, 0.3) is 0 Å². The van der Waals surface area contributed by atoms with Gasteiger partial charge in [-0.2, -0.15) is 11.8 Å². The fourth-order valence-corrected chi connectivity index (χ4v) is 3.12. The highest BCUT2D eigenvalue weighted by Crippen LogP contribution is 2.20. The predicted molar refractivity (Wildman–Crippen MR) is 81.3 cm³/mol. The molecule has 1 atom stereocenters. The number of benzene rings is 1. The van der Waals surface area contributed by atoms with Gasteiger partial charge in [-0.3, -0.25) is 4.79 Å². The van der Waals surface area contributed by atoms with Gasteiger partial charge in [-0.1, -0.05) is 30.3 Å². The summed E-state index contributed by atoms with van der Waals surface area (Å²) in [5.41, 5.74) is 1.19. The van der Waals surface area contributed by atoms with Crippen molar-refractivity contribution in [3.8, 4) is 0 Å². The lowest BCUT2D eigenvalue weighted by atomic mass is 10.1. The SMILES string of the molecule is CC(c1ccccc1)N(C)C(=O)CSCC1CNC1. The summed E-state index contributed by atoms with van der Waals surface area (Å²) in [6, 6.07) is 10.3. The molecule has 1 aliphatic rings. The van der Waals surface area contributed by atoms with Gasteiger partial charge in [0.1, 0.15) is 0 Å². The van der Waals surface area contributed by atoms with Crippen molar-refractivity contribution in [3.63, 3.8) is 0 Å². The van der Waals surface area contributed by atoms with E-state index in [0.717, 1.165) is 24.8 Å². The van der Waals surface area contributed by atoms with E-state index in [0.29, 0.717) is 5.75 Å². The number of thioether (sulfide) groups is 1. The first kappa shape index (κ1) is 14.4. The van der Waals surface area contributed by atoms with Gasteiger partial charge in [0, 0.05) is 7.05 Å². The summed E-state index contributed by atoms with van der Waals surface area (Å²) in [7, 11) is 1.89. The molecule has 3 nitrogen and oxygen atoms in total. The third-order valence-corrected chi connectivity index (χ3v) is 4.86. The zero-order valence-electron chi connectivity index (χ0n) is 11.6. The van der Waals surface area contributed by atoms with Gasteiger partial charge in [0.05, 0.1) is 11.8 Å². The number of nitrogens with zero attached hydrogens (tertiary/aromatic N) is 1. The molecule has 0 radical (unpaired) electrons. The van der Waals surface area contributed by atoms with Crippen LogP contribution in [0.4, 0.5) is 0 Å². The predicted octanol–water partition coefficient (Wildman–Crippen LogP) is 2.16. The molecule has 1 aromatic carbocycles. The average molecular weight is 278 g/mol. The minimum absolute atomic E-state index is 0.139. The van der Waals surface area contributed by atoms with Gasteiger partial charge in [0.25, 0.3) is 0 Å². The molecule has 1 saturated heterocycles. The molecule has 104 valence electrons. The molecule has 0 aromatic heterocycles. The molecule has 2 rings (SSSR count). The Labute approximate surface area is 119 Å². The Morgan fingerprint density at radius 1 is 1.42 bits per heavy atom. The van der Waals surface area contributed by atoms with Crippen LogP contribution in [0.5, 0.6) is 0 Å². The summed E-state index contributed by atoms with van der Waals surface area (Å²) in [6.07, 6.45) is 0. The summed E-state index contributed by atoms with van der Waals surface area (Å²) in [5.74, 6) is 2.65. The second-order valence-corrected chi connectivity index (χ2v) is 6.16. The van der Waals surface area contributed by atoms with Crippen LogP contribution in [0.15, 0.2) is 30.3 Å². The van der Waals surface area contributed by atoms with Crippen molar-refractivity contribution in [2.75, 3.05) is 31.6 Å². The van der Waals surface area contributed by atoms with E-state index in [1.165, 1.54) is 5.56 Å². The third-order valence-electron chi connectivity index (χ3n) is 3.70. The first-order valence-corrected chi connectivity index (χ1v) is 7.93. The van der Waals surface area contributed by atoms with Gasteiger partial charge < -0.3 is 10.2 Å². The molecule has 1 aliphatic heterocycles. The van der Waals surface area contributed by atoms with Gasteiger partial charge in [-0.05, 0) is 37.2 Å². The summed E-state index contributed by atoms with van der Waals surface area (Å²) in [5, 5.41) is 3.25. The Bertz CT molecular complexity index is 406. The molecule has 1 amide bonds.